The van der Waals surface area contributed by atoms with E-state index in [1.54, 1.807) is 26.4 Å². The van der Waals surface area contributed by atoms with Gasteiger partial charge >= 0.3 is 0 Å². The molecule has 2 rings (SSSR count). The topological polar surface area (TPSA) is 34.1 Å². The Morgan fingerprint density at radius 1 is 1.25 bits per heavy atom. The van der Waals surface area contributed by atoms with Crippen LogP contribution in [0.4, 0.5) is 4.39 Å². The summed E-state index contributed by atoms with van der Waals surface area (Å²) < 4.78 is 19.5. The van der Waals surface area contributed by atoms with Crippen molar-refractivity contribution in [1.29, 1.82) is 0 Å². The molecule has 0 spiro atoms. The maximum absolute atomic E-state index is 14.0. The maximum Gasteiger partial charge on any atom is 0.146 e. The number of rotatable bonds is 4. The summed E-state index contributed by atoms with van der Waals surface area (Å²) in [4.78, 5) is 4.16. The van der Waals surface area contributed by atoms with E-state index in [4.69, 9.17) is 4.74 Å². The smallest absolute Gasteiger partial charge is 0.146 e. The van der Waals surface area contributed by atoms with Crippen LogP contribution in [0.15, 0.2) is 30.5 Å². The highest BCUT2D eigenvalue weighted by atomic mass is 19.1. The summed E-state index contributed by atoms with van der Waals surface area (Å²) in [5.74, 6) is 0.446. The third-order valence-electron chi connectivity index (χ3n) is 3.57. The lowest BCUT2D eigenvalue weighted by Gasteiger charge is -2.21. The van der Waals surface area contributed by atoms with Crippen LogP contribution in [-0.4, -0.2) is 19.1 Å². The van der Waals surface area contributed by atoms with Gasteiger partial charge in [0.2, 0.25) is 0 Å². The maximum atomic E-state index is 14.0. The van der Waals surface area contributed by atoms with Gasteiger partial charge in [0.25, 0.3) is 0 Å². The number of nitrogens with one attached hydrogen (secondary N) is 1. The quantitative estimate of drug-likeness (QED) is 0.930. The molecule has 4 heteroatoms. The van der Waals surface area contributed by atoms with E-state index in [0.29, 0.717) is 5.69 Å². The number of aryl methyl sites for hydroxylation is 1. The van der Waals surface area contributed by atoms with Crippen molar-refractivity contribution in [3.63, 3.8) is 0 Å². The minimum Gasteiger partial charge on any atom is -0.496 e. The van der Waals surface area contributed by atoms with Gasteiger partial charge in [-0.25, -0.2) is 4.39 Å². The van der Waals surface area contributed by atoms with Crippen molar-refractivity contribution in [2.45, 2.75) is 19.9 Å². The first kappa shape index (κ1) is 14.5. The van der Waals surface area contributed by atoms with Crippen molar-refractivity contribution < 1.29 is 9.13 Å². The number of methoxy groups -OCH3 is 1. The first-order valence-electron chi connectivity index (χ1n) is 6.52. The summed E-state index contributed by atoms with van der Waals surface area (Å²) >= 11 is 0. The number of ether oxygens (including phenoxy) is 1. The molecular formula is C16H19FN2O. The van der Waals surface area contributed by atoms with Crippen LogP contribution in [-0.2, 0) is 0 Å². The summed E-state index contributed by atoms with van der Waals surface area (Å²) in [5.41, 5.74) is 3.45. The van der Waals surface area contributed by atoms with Gasteiger partial charge in [-0.05, 0) is 44.2 Å². The van der Waals surface area contributed by atoms with Crippen LogP contribution >= 0.6 is 0 Å². The second-order valence-corrected chi connectivity index (χ2v) is 4.72. The molecule has 0 saturated heterocycles. The molecule has 1 heterocycles. The fraction of sp³-hybridized carbons (Fsp3) is 0.312. The Hall–Kier alpha value is -1.94. The monoisotopic (exact) mass is 274 g/mol. The lowest BCUT2D eigenvalue weighted by Crippen LogP contribution is -2.21. The van der Waals surface area contributed by atoms with E-state index in [1.165, 1.54) is 6.07 Å². The van der Waals surface area contributed by atoms with E-state index >= 15 is 0 Å². The van der Waals surface area contributed by atoms with E-state index < -0.39 is 0 Å². The Bertz CT molecular complexity index is 613. The molecule has 1 N–H and O–H groups in total. The zero-order valence-electron chi connectivity index (χ0n) is 12.2. The van der Waals surface area contributed by atoms with Crippen LogP contribution in [0.5, 0.6) is 5.75 Å². The molecule has 2 aromatic rings. The summed E-state index contributed by atoms with van der Waals surface area (Å²) in [6.07, 6.45) is 1.59. The number of hydrogen-bond acceptors (Lipinski definition) is 3. The number of halogens is 1. The minimum absolute atomic E-state index is 0.327. The van der Waals surface area contributed by atoms with Gasteiger partial charge in [-0.2, -0.15) is 0 Å². The Kier molecular flexibility index (Phi) is 4.35. The molecule has 0 fully saturated rings. The summed E-state index contributed by atoms with van der Waals surface area (Å²) in [6.45, 7) is 4.02. The van der Waals surface area contributed by atoms with Gasteiger partial charge < -0.3 is 10.1 Å². The molecule has 20 heavy (non-hydrogen) atoms. The number of pyridine rings is 1. The summed E-state index contributed by atoms with van der Waals surface area (Å²) in [5, 5.41) is 3.11. The second-order valence-electron chi connectivity index (χ2n) is 4.72. The van der Waals surface area contributed by atoms with Gasteiger partial charge in [-0.3, -0.25) is 4.98 Å². The molecule has 1 aromatic heterocycles. The lowest BCUT2D eigenvalue weighted by atomic mass is 9.96. The van der Waals surface area contributed by atoms with Gasteiger partial charge in [0, 0.05) is 11.8 Å². The van der Waals surface area contributed by atoms with Crippen molar-refractivity contribution >= 4 is 0 Å². The molecular weight excluding hydrogens is 255 g/mol. The van der Waals surface area contributed by atoms with Crippen LogP contribution in [0.25, 0.3) is 0 Å². The highest BCUT2D eigenvalue weighted by Gasteiger charge is 2.22. The van der Waals surface area contributed by atoms with Gasteiger partial charge in [0.1, 0.15) is 11.6 Å². The normalized spacial score (nSPS) is 12.2. The molecule has 0 aliphatic carbocycles. The van der Waals surface area contributed by atoms with E-state index in [-0.39, 0.29) is 11.9 Å². The fourth-order valence-electron chi connectivity index (χ4n) is 2.36. The van der Waals surface area contributed by atoms with Crippen molar-refractivity contribution in [2.75, 3.05) is 14.2 Å². The average molecular weight is 274 g/mol. The molecule has 0 saturated carbocycles. The van der Waals surface area contributed by atoms with Crippen LogP contribution in [0, 0.1) is 19.7 Å². The largest absolute Gasteiger partial charge is 0.496 e. The molecule has 1 atom stereocenters. The zero-order valence-corrected chi connectivity index (χ0v) is 12.2. The average Bonchev–Trinajstić information content (AvgIpc) is 2.45. The Morgan fingerprint density at radius 3 is 2.60 bits per heavy atom. The number of aromatic nitrogens is 1. The van der Waals surface area contributed by atoms with Gasteiger partial charge in [-0.15, -0.1) is 0 Å². The number of hydrogen-bond donors (Lipinski definition) is 1. The van der Waals surface area contributed by atoms with E-state index in [2.05, 4.69) is 10.3 Å². The first-order chi connectivity index (χ1) is 9.60. The van der Waals surface area contributed by atoms with Crippen molar-refractivity contribution in [3.8, 4) is 5.75 Å². The van der Waals surface area contributed by atoms with Gasteiger partial charge in [-0.1, -0.05) is 12.1 Å². The zero-order chi connectivity index (χ0) is 14.7. The predicted octanol–water partition coefficient (Wildman–Crippen LogP) is 3.15. The molecule has 106 valence electrons. The summed E-state index contributed by atoms with van der Waals surface area (Å²) in [6, 6.07) is 6.63. The van der Waals surface area contributed by atoms with Crippen LogP contribution in [0.2, 0.25) is 0 Å². The van der Waals surface area contributed by atoms with Crippen LogP contribution in [0.1, 0.15) is 28.4 Å². The Labute approximate surface area is 118 Å². The minimum atomic E-state index is -0.342. The molecule has 0 radical (unpaired) electrons. The number of nitrogens with zero attached hydrogens (tertiary/aromatic N) is 1. The highest BCUT2D eigenvalue weighted by molar-refractivity contribution is 5.48. The van der Waals surface area contributed by atoms with Crippen molar-refractivity contribution in [3.05, 3.63) is 58.7 Å². The second kappa shape index (κ2) is 6.01. The molecule has 1 aromatic carbocycles. The van der Waals surface area contributed by atoms with Gasteiger partial charge in [0.05, 0.1) is 18.8 Å². The molecule has 0 bridgehead atoms. The standard InChI is InChI=1S/C16H19FN2O/c1-10-7-8-12(16(20-4)11(10)2)14(18-3)15-13(17)6-5-9-19-15/h5-9,14,18H,1-4H3. The van der Waals surface area contributed by atoms with Crippen molar-refractivity contribution in [2.24, 2.45) is 0 Å². The third-order valence-corrected chi connectivity index (χ3v) is 3.57. The van der Waals surface area contributed by atoms with Gasteiger partial charge in [0.15, 0.2) is 0 Å². The predicted molar refractivity (Wildman–Crippen MR) is 77.6 cm³/mol. The molecule has 0 aliphatic heterocycles. The Balaban J connectivity index is 2.59. The van der Waals surface area contributed by atoms with Crippen LogP contribution in [0.3, 0.4) is 0 Å². The van der Waals surface area contributed by atoms with Crippen molar-refractivity contribution in [1.82, 2.24) is 10.3 Å². The first-order valence-corrected chi connectivity index (χ1v) is 6.52. The third kappa shape index (κ3) is 2.51. The molecule has 3 nitrogen and oxygen atoms in total. The highest BCUT2D eigenvalue weighted by Crippen LogP contribution is 2.33. The fourth-order valence-corrected chi connectivity index (χ4v) is 2.36. The van der Waals surface area contributed by atoms with E-state index in [9.17, 15) is 4.39 Å². The molecule has 1 unspecified atom stereocenters. The van der Waals surface area contributed by atoms with Crippen LogP contribution < -0.4 is 10.1 Å². The summed E-state index contributed by atoms with van der Waals surface area (Å²) in [7, 11) is 3.42. The molecule has 0 amide bonds. The number of benzene rings is 1. The lowest BCUT2D eigenvalue weighted by molar-refractivity contribution is 0.400. The Morgan fingerprint density at radius 2 is 2.00 bits per heavy atom. The van der Waals surface area contributed by atoms with E-state index in [1.807, 2.05) is 26.0 Å². The van der Waals surface area contributed by atoms with E-state index in [0.717, 1.165) is 22.4 Å². The SMILES string of the molecule is CNC(c1ccc(C)c(C)c1OC)c1ncccc1F. The molecule has 0 aliphatic rings.